The second kappa shape index (κ2) is 8.91. The van der Waals surface area contributed by atoms with Gasteiger partial charge >= 0.3 is 0 Å². The number of hydrogen-bond acceptors (Lipinski definition) is 3. The number of carbonyl (C=O) groups excluding carboxylic acids is 1. The molecule has 0 heterocycles. The Morgan fingerprint density at radius 2 is 1.73 bits per heavy atom. The van der Waals surface area contributed by atoms with Gasteiger partial charge in [0.2, 0.25) is 15.9 Å². The molecule has 0 spiro atoms. The molecule has 0 bridgehead atoms. The van der Waals surface area contributed by atoms with Crippen LogP contribution < -0.4 is 5.32 Å². The molecule has 5 nitrogen and oxygen atoms in total. The third-order valence-corrected chi connectivity index (χ3v) is 6.02. The van der Waals surface area contributed by atoms with Gasteiger partial charge in [-0.1, -0.05) is 37.3 Å². The van der Waals surface area contributed by atoms with Gasteiger partial charge in [0.1, 0.15) is 5.82 Å². The number of rotatable bonds is 8. The number of carbonyl (C=O) groups is 1. The largest absolute Gasteiger partial charge is 0.354 e. The van der Waals surface area contributed by atoms with Crippen LogP contribution >= 0.6 is 0 Å². The summed E-state index contributed by atoms with van der Waals surface area (Å²) in [6.45, 7) is 2.17. The summed E-state index contributed by atoms with van der Waals surface area (Å²) in [4.78, 5) is 12.1. The fourth-order valence-corrected chi connectivity index (χ4v) is 3.72. The highest BCUT2D eigenvalue weighted by Gasteiger charge is 2.23. The SMILES string of the molecule is CCC(CNC(=O)CN(C)S(=O)(=O)c1ccc(F)cc1)c1ccccc1. The zero-order chi connectivity index (χ0) is 19.2. The number of halogens is 1. The van der Waals surface area contributed by atoms with Crippen LogP contribution in [-0.2, 0) is 14.8 Å². The van der Waals surface area contributed by atoms with Crippen molar-refractivity contribution in [2.45, 2.75) is 24.2 Å². The number of sulfonamides is 1. The summed E-state index contributed by atoms with van der Waals surface area (Å²) in [6.07, 6.45) is 0.855. The Hall–Kier alpha value is -2.25. The Morgan fingerprint density at radius 1 is 1.12 bits per heavy atom. The minimum Gasteiger partial charge on any atom is -0.354 e. The van der Waals surface area contributed by atoms with Crippen molar-refractivity contribution in [3.05, 3.63) is 66.0 Å². The first-order valence-electron chi connectivity index (χ1n) is 8.38. The lowest BCUT2D eigenvalue weighted by molar-refractivity contribution is -0.121. The lowest BCUT2D eigenvalue weighted by Gasteiger charge is -2.19. The molecule has 0 aliphatic rings. The number of nitrogens with zero attached hydrogens (tertiary/aromatic N) is 1. The molecular formula is C19H23FN2O3S. The summed E-state index contributed by atoms with van der Waals surface area (Å²) in [5.74, 6) is -0.734. The van der Waals surface area contributed by atoms with Gasteiger partial charge in [-0.15, -0.1) is 0 Å². The quantitative estimate of drug-likeness (QED) is 0.768. The van der Waals surface area contributed by atoms with Crippen molar-refractivity contribution in [3.63, 3.8) is 0 Å². The first kappa shape index (κ1) is 20.1. The van der Waals surface area contributed by atoms with E-state index in [1.54, 1.807) is 0 Å². The van der Waals surface area contributed by atoms with Crippen LogP contribution in [0.1, 0.15) is 24.8 Å². The van der Waals surface area contributed by atoms with Gasteiger partial charge in [-0.05, 0) is 36.2 Å². The summed E-state index contributed by atoms with van der Waals surface area (Å²) in [7, 11) is -2.52. The highest BCUT2D eigenvalue weighted by Crippen LogP contribution is 2.18. The topological polar surface area (TPSA) is 66.5 Å². The Morgan fingerprint density at radius 3 is 2.31 bits per heavy atom. The van der Waals surface area contributed by atoms with Crippen molar-refractivity contribution in [3.8, 4) is 0 Å². The predicted octanol–water partition coefficient (Wildman–Crippen LogP) is 2.76. The van der Waals surface area contributed by atoms with E-state index in [1.165, 1.54) is 19.2 Å². The van der Waals surface area contributed by atoms with Gasteiger partial charge in [-0.25, -0.2) is 12.8 Å². The summed E-state index contributed by atoms with van der Waals surface area (Å²) in [5, 5.41) is 2.79. The van der Waals surface area contributed by atoms with E-state index < -0.39 is 15.8 Å². The molecule has 0 saturated carbocycles. The monoisotopic (exact) mass is 378 g/mol. The van der Waals surface area contributed by atoms with Crippen LogP contribution in [0.25, 0.3) is 0 Å². The lowest BCUT2D eigenvalue weighted by atomic mass is 9.96. The first-order valence-corrected chi connectivity index (χ1v) is 9.82. The van der Waals surface area contributed by atoms with E-state index in [0.717, 1.165) is 28.4 Å². The normalized spacial score (nSPS) is 12.8. The van der Waals surface area contributed by atoms with Crippen molar-refractivity contribution in [2.75, 3.05) is 20.1 Å². The molecule has 1 N–H and O–H groups in total. The molecule has 7 heteroatoms. The van der Waals surface area contributed by atoms with E-state index in [9.17, 15) is 17.6 Å². The van der Waals surface area contributed by atoms with Crippen LogP contribution in [0.4, 0.5) is 4.39 Å². The van der Waals surface area contributed by atoms with Crippen LogP contribution in [0, 0.1) is 5.82 Å². The Kier molecular flexibility index (Phi) is 6.88. The minimum absolute atomic E-state index is 0.0510. The standard InChI is InChI=1S/C19H23FN2O3S/c1-3-15(16-7-5-4-6-8-16)13-21-19(23)14-22(2)26(24,25)18-11-9-17(20)10-12-18/h4-12,15H,3,13-14H2,1-2H3,(H,21,23). The van der Waals surface area contributed by atoms with Crippen molar-refractivity contribution in [1.82, 2.24) is 9.62 Å². The molecule has 0 aliphatic heterocycles. The average Bonchev–Trinajstić information content (AvgIpc) is 2.63. The molecule has 0 fully saturated rings. The number of likely N-dealkylation sites (N-methyl/N-ethyl adjacent to an activating group) is 1. The Balaban J connectivity index is 1.95. The number of nitrogens with one attached hydrogen (secondary N) is 1. The van der Waals surface area contributed by atoms with E-state index >= 15 is 0 Å². The van der Waals surface area contributed by atoms with Crippen LogP contribution in [0.2, 0.25) is 0 Å². The molecule has 0 aromatic heterocycles. The molecule has 1 atom stereocenters. The van der Waals surface area contributed by atoms with Gasteiger partial charge in [0.05, 0.1) is 11.4 Å². The fraction of sp³-hybridized carbons (Fsp3) is 0.316. The van der Waals surface area contributed by atoms with E-state index in [0.29, 0.717) is 6.54 Å². The first-order chi connectivity index (χ1) is 12.3. The van der Waals surface area contributed by atoms with Gasteiger partial charge in [0, 0.05) is 19.5 Å². The summed E-state index contributed by atoms with van der Waals surface area (Å²) in [6, 6.07) is 14.4. The van der Waals surface area contributed by atoms with E-state index in [-0.39, 0.29) is 23.3 Å². The molecular weight excluding hydrogens is 355 g/mol. The van der Waals surface area contributed by atoms with Gasteiger partial charge in [0.15, 0.2) is 0 Å². The summed E-state index contributed by atoms with van der Waals surface area (Å²) in [5.41, 5.74) is 1.13. The molecule has 2 aromatic rings. The molecule has 2 aromatic carbocycles. The molecule has 1 unspecified atom stereocenters. The third-order valence-electron chi connectivity index (χ3n) is 4.20. The number of hydrogen-bond donors (Lipinski definition) is 1. The van der Waals surface area contributed by atoms with E-state index in [2.05, 4.69) is 5.32 Å². The smallest absolute Gasteiger partial charge is 0.243 e. The van der Waals surface area contributed by atoms with Crippen molar-refractivity contribution < 1.29 is 17.6 Å². The van der Waals surface area contributed by atoms with E-state index in [1.807, 2.05) is 37.3 Å². The van der Waals surface area contributed by atoms with Crippen molar-refractivity contribution >= 4 is 15.9 Å². The van der Waals surface area contributed by atoms with Gasteiger partial charge in [-0.2, -0.15) is 4.31 Å². The zero-order valence-corrected chi connectivity index (χ0v) is 15.7. The van der Waals surface area contributed by atoms with Crippen molar-refractivity contribution in [1.29, 1.82) is 0 Å². The summed E-state index contributed by atoms with van der Waals surface area (Å²) < 4.78 is 38.8. The maximum Gasteiger partial charge on any atom is 0.243 e. The second-order valence-corrected chi connectivity index (χ2v) is 8.08. The van der Waals surface area contributed by atoms with Gasteiger partial charge in [-0.3, -0.25) is 4.79 Å². The fourth-order valence-electron chi connectivity index (χ4n) is 2.59. The second-order valence-electron chi connectivity index (χ2n) is 6.03. The lowest BCUT2D eigenvalue weighted by Crippen LogP contribution is -2.39. The zero-order valence-electron chi connectivity index (χ0n) is 14.9. The van der Waals surface area contributed by atoms with Crippen LogP contribution in [-0.4, -0.2) is 38.8 Å². The number of benzene rings is 2. The predicted molar refractivity (Wildman–Crippen MR) is 98.7 cm³/mol. The highest BCUT2D eigenvalue weighted by atomic mass is 32.2. The average molecular weight is 378 g/mol. The molecule has 0 aliphatic carbocycles. The van der Waals surface area contributed by atoms with Crippen LogP contribution in [0.5, 0.6) is 0 Å². The third kappa shape index (κ3) is 5.12. The number of amides is 1. The van der Waals surface area contributed by atoms with Crippen molar-refractivity contribution in [2.24, 2.45) is 0 Å². The highest BCUT2D eigenvalue weighted by molar-refractivity contribution is 7.89. The molecule has 26 heavy (non-hydrogen) atoms. The Labute approximate surface area is 153 Å². The molecule has 2 rings (SSSR count). The maximum atomic E-state index is 13.0. The van der Waals surface area contributed by atoms with Crippen LogP contribution in [0.3, 0.4) is 0 Å². The van der Waals surface area contributed by atoms with Gasteiger partial charge in [0.25, 0.3) is 0 Å². The molecule has 140 valence electrons. The molecule has 0 radical (unpaired) electrons. The van der Waals surface area contributed by atoms with Gasteiger partial charge < -0.3 is 5.32 Å². The molecule has 1 amide bonds. The van der Waals surface area contributed by atoms with E-state index in [4.69, 9.17) is 0 Å². The Bertz CT molecular complexity index is 824. The maximum absolute atomic E-state index is 13.0. The van der Waals surface area contributed by atoms with Crippen LogP contribution in [0.15, 0.2) is 59.5 Å². The molecule has 0 saturated heterocycles. The minimum atomic E-state index is -3.84. The summed E-state index contributed by atoms with van der Waals surface area (Å²) >= 11 is 0.